The van der Waals surface area contributed by atoms with Crippen molar-refractivity contribution in [2.24, 2.45) is 0 Å². The minimum absolute atomic E-state index is 0.567. The minimum atomic E-state index is 0.567. The van der Waals surface area contributed by atoms with Crippen molar-refractivity contribution in [3.63, 3.8) is 0 Å². The SMILES string of the molecule is C=C1\C=C(C)/C2=C(C=C=C1Cl)/C=C/C=C=CC2. The molecule has 2 rings (SSSR count). The van der Waals surface area contributed by atoms with Crippen molar-refractivity contribution in [1.29, 1.82) is 0 Å². The maximum absolute atomic E-state index is 6.07. The number of rotatable bonds is 0. The van der Waals surface area contributed by atoms with E-state index in [1.165, 1.54) is 11.1 Å². The molecule has 0 heterocycles. The van der Waals surface area contributed by atoms with Gasteiger partial charge in [0.05, 0.1) is 5.03 Å². The quantitative estimate of drug-likeness (QED) is 0.536. The highest BCUT2D eigenvalue weighted by Gasteiger charge is 2.08. The first kappa shape index (κ1) is 11.8. The number of hydrogen-bond acceptors (Lipinski definition) is 0. The van der Waals surface area contributed by atoms with Gasteiger partial charge in [-0.15, -0.1) is 5.73 Å². The third kappa shape index (κ3) is 2.70. The lowest BCUT2D eigenvalue weighted by atomic mass is 9.94. The molecule has 0 unspecified atom stereocenters. The van der Waals surface area contributed by atoms with Crippen LogP contribution in [-0.2, 0) is 0 Å². The number of hydrogen-bond donors (Lipinski definition) is 0. The van der Waals surface area contributed by atoms with Gasteiger partial charge in [-0.1, -0.05) is 42.1 Å². The molecular weight excluding hydrogens is 228 g/mol. The second-order valence-electron chi connectivity index (χ2n) is 3.99. The maximum Gasteiger partial charge on any atom is 0.0891 e. The van der Waals surface area contributed by atoms with Gasteiger partial charge in [0, 0.05) is 0 Å². The summed E-state index contributed by atoms with van der Waals surface area (Å²) in [6.45, 7) is 6.01. The van der Waals surface area contributed by atoms with Crippen LogP contribution >= 0.6 is 11.6 Å². The van der Waals surface area contributed by atoms with Crippen molar-refractivity contribution in [3.8, 4) is 0 Å². The molecule has 2 aliphatic rings. The average molecular weight is 241 g/mol. The van der Waals surface area contributed by atoms with Crippen LogP contribution in [0.2, 0.25) is 0 Å². The van der Waals surface area contributed by atoms with Gasteiger partial charge in [0.2, 0.25) is 0 Å². The fourth-order valence-electron chi connectivity index (χ4n) is 1.82. The highest BCUT2D eigenvalue weighted by atomic mass is 35.5. The standard InChI is InChI=1S/C16H13Cl/c1-12-11-13(2)16(17)10-9-14-7-5-3-4-6-8-15(12)14/h3,5-7,9,11H,2,8H2,1H3/b7-5+,12-11-,15-14-. The van der Waals surface area contributed by atoms with Crippen LogP contribution in [-0.4, -0.2) is 0 Å². The molecule has 0 aliphatic heterocycles. The zero-order chi connectivity index (χ0) is 12.3. The fraction of sp³-hybridized carbons (Fsp3) is 0.125. The molecule has 0 fully saturated rings. The molecule has 0 N–H and O–H groups in total. The van der Waals surface area contributed by atoms with Gasteiger partial charge in [-0.05, 0) is 53.9 Å². The first-order chi connectivity index (χ1) is 8.18. The summed E-state index contributed by atoms with van der Waals surface area (Å²) in [7, 11) is 0. The van der Waals surface area contributed by atoms with Crippen LogP contribution in [0, 0.1) is 0 Å². The molecule has 1 heteroatoms. The van der Waals surface area contributed by atoms with Gasteiger partial charge in [0.15, 0.2) is 0 Å². The third-order valence-corrected chi connectivity index (χ3v) is 3.10. The normalized spacial score (nSPS) is 28.2. The second-order valence-corrected chi connectivity index (χ2v) is 4.37. The summed E-state index contributed by atoms with van der Waals surface area (Å²) < 4.78 is 0. The summed E-state index contributed by atoms with van der Waals surface area (Å²) in [5.41, 5.74) is 10.6. The summed E-state index contributed by atoms with van der Waals surface area (Å²) >= 11 is 6.07. The summed E-state index contributed by atoms with van der Waals surface area (Å²) in [6, 6.07) is 0. The third-order valence-electron chi connectivity index (χ3n) is 2.74. The van der Waals surface area contributed by atoms with Crippen molar-refractivity contribution in [2.45, 2.75) is 13.3 Å². The predicted molar refractivity (Wildman–Crippen MR) is 73.8 cm³/mol. The monoisotopic (exact) mass is 240 g/mol. The van der Waals surface area contributed by atoms with E-state index in [2.05, 4.69) is 31.0 Å². The zero-order valence-electron chi connectivity index (χ0n) is 9.76. The molecule has 0 atom stereocenters. The Bertz CT molecular complexity index is 579. The molecule has 0 nitrogen and oxygen atoms in total. The smallest absolute Gasteiger partial charge is 0.0891 e. The van der Waals surface area contributed by atoms with Crippen LogP contribution in [0.3, 0.4) is 0 Å². The van der Waals surface area contributed by atoms with Crippen molar-refractivity contribution in [3.05, 3.63) is 81.8 Å². The summed E-state index contributed by atoms with van der Waals surface area (Å²) in [5.74, 6) is 0. The summed E-state index contributed by atoms with van der Waals surface area (Å²) in [5, 5.41) is 0.567. The minimum Gasteiger partial charge on any atom is -0.125 e. The molecule has 0 amide bonds. The van der Waals surface area contributed by atoms with Gasteiger partial charge in [0.25, 0.3) is 0 Å². The van der Waals surface area contributed by atoms with Gasteiger partial charge in [-0.3, -0.25) is 0 Å². The van der Waals surface area contributed by atoms with Gasteiger partial charge in [0.1, 0.15) is 0 Å². The average Bonchev–Trinajstić information content (AvgIpc) is 2.26. The maximum atomic E-state index is 6.07. The molecule has 0 aromatic heterocycles. The Morgan fingerprint density at radius 2 is 2.24 bits per heavy atom. The fourth-order valence-corrected chi connectivity index (χ4v) is 1.93. The first-order valence-electron chi connectivity index (χ1n) is 5.49. The molecule has 17 heavy (non-hydrogen) atoms. The van der Waals surface area contributed by atoms with Crippen LogP contribution in [0.4, 0.5) is 0 Å². The van der Waals surface area contributed by atoms with Gasteiger partial charge >= 0.3 is 0 Å². The Labute approximate surface area is 107 Å². The van der Waals surface area contributed by atoms with E-state index in [1.54, 1.807) is 0 Å². The van der Waals surface area contributed by atoms with Crippen LogP contribution in [0.15, 0.2) is 81.8 Å². The first-order valence-corrected chi connectivity index (χ1v) is 5.87. The van der Waals surface area contributed by atoms with Crippen LogP contribution < -0.4 is 0 Å². The Kier molecular flexibility index (Phi) is 3.52. The van der Waals surface area contributed by atoms with E-state index < -0.39 is 0 Å². The topological polar surface area (TPSA) is 0 Å². The van der Waals surface area contributed by atoms with E-state index in [1.807, 2.05) is 30.4 Å². The van der Waals surface area contributed by atoms with Crippen molar-refractivity contribution >= 4 is 11.6 Å². The highest BCUT2D eigenvalue weighted by molar-refractivity contribution is 6.32. The Morgan fingerprint density at radius 1 is 1.41 bits per heavy atom. The van der Waals surface area contributed by atoms with E-state index >= 15 is 0 Å². The summed E-state index contributed by atoms with van der Waals surface area (Å²) in [6.07, 6.45) is 12.7. The van der Waals surface area contributed by atoms with Gasteiger partial charge in [-0.25, -0.2) is 0 Å². The lowest BCUT2D eigenvalue weighted by Crippen LogP contribution is -1.93. The van der Waals surface area contributed by atoms with E-state index in [9.17, 15) is 0 Å². The van der Waals surface area contributed by atoms with E-state index in [0.29, 0.717) is 5.03 Å². The molecule has 2 aliphatic carbocycles. The van der Waals surface area contributed by atoms with E-state index in [4.69, 9.17) is 11.6 Å². The summed E-state index contributed by atoms with van der Waals surface area (Å²) in [4.78, 5) is 0. The van der Waals surface area contributed by atoms with Crippen LogP contribution in [0.1, 0.15) is 13.3 Å². The number of allylic oxidation sites excluding steroid dienone is 9. The van der Waals surface area contributed by atoms with Crippen LogP contribution in [0.5, 0.6) is 0 Å². The van der Waals surface area contributed by atoms with Crippen LogP contribution in [0.25, 0.3) is 0 Å². The molecule has 0 aromatic carbocycles. The highest BCUT2D eigenvalue weighted by Crippen LogP contribution is 2.27. The molecule has 84 valence electrons. The van der Waals surface area contributed by atoms with Gasteiger partial charge < -0.3 is 0 Å². The Balaban J connectivity index is 2.62. The van der Waals surface area contributed by atoms with E-state index in [0.717, 1.165) is 17.6 Å². The molecule has 0 bridgehead atoms. The number of halogens is 1. The molecule has 0 spiro atoms. The second kappa shape index (κ2) is 5.08. The van der Waals surface area contributed by atoms with E-state index in [-0.39, 0.29) is 0 Å². The molecular formula is C16H13Cl. The molecule has 0 saturated carbocycles. The predicted octanol–water partition coefficient (Wildman–Crippen LogP) is 4.75. The lowest BCUT2D eigenvalue weighted by Gasteiger charge is -2.12. The van der Waals surface area contributed by atoms with Crippen molar-refractivity contribution < 1.29 is 0 Å². The van der Waals surface area contributed by atoms with Crippen molar-refractivity contribution in [1.82, 2.24) is 0 Å². The Hall–Kier alpha value is -1.71. The lowest BCUT2D eigenvalue weighted by molar-refractivity contribution is 1.18. The molecule has 0 aromatic rings. The van der Waals surface area contributed by atoms with Crippen molar-refractivity contribution in [2.75, 3.05) is 0 Å². The molecule has 0 radical (unpaired) electrons. The molecule has 0 saturated heterocycles. The largest absolute Gasteiger partial charge is 0.125 e. The van der Waals surface area contributed by atoms with Gasteiger partial charge in [-0.2, -0.15) is 0 Å². The Morgan fingerprint density at radius 3 is 3.06 bits per heavy atom. The zero-order valence-corrected chi connectivity index (χ0v) is 10.5.